The van der Waals surface area contributed by atoms with Gasteiger partial charge in [0.25, 0.3) is 11.8 Å². The molecule has 0 bridgehead atoms. The fourth-order valence-corrected chi connectivity index (χ4v) is 4.03. The highest BCUT2D eigenvalue weighted by Crippen LogP contribution is 2.22. The molecule has 7 heteroatoms. The number of carbonyl (C=O) groups is 2. The van der Waals surface area contributed by atoms with Crippen molar-refractivity contribution in [2.24, 2.45) is 0 Å². The Morgan fingerprint density at radius 1 is 0.969 bits per heavy atom. The van der Waals surface area contributed by atoms with Crippen LogP contribution in [0.25, 0.3) is 0 Å². The van der Waals surface area contributed by atoms with Gasteiger partial charge in [-0.3, -0.25) is 14.4 Å². The van der Waals surface area contributed by atoms with Crippen LogP contribution in [0.4, 0.5) is 0 Å². The number of fused-ring (bicyclic) bond motifs is 1. The van der Waals surface area contributed by atoms with Crippen molar-refractivity contribution in [1.82, 2.24) is 15.2 Å². The molecule has 4 rings (SSSR count). The molecule has 1 aromatic carbocycles. The average Bonchev–Trinajstić information content (AvgIpc) is 3.43. The predicted molar refractivity (Wildman–Crippen MR) is 121 cm³/mol. The molecule has 1 aliphatic rings. The number of pyridine rings is 1. The first kappa shape index (κ1) is 21.6. The van der Waals surface area contributed by atoms with Crippen LogP contribution < -0.4 is 16.1 Å². The molecule has 2 aromatic heterocycles. The van der Waals surface area contributed by atoms with Gasteiger partial charge in [0, 0.05) is 24.5 Å². The standard InChI is InChI=1S/C25H27N3O4/c1-15(2)28-13-20(24(30)26-16(3)22-9-6-10-32-22)23(29)21(14-28)25(31)27-19-11-17-7-4-5-8-18(17)12-19/h4-10,13-16,19H,11-12H2,1-3H3,(H,26,30)(H,27,31). The van der Waals surface area contributed by atoms with E-state index < -0.39 is 23.3 Å². The third-order valence-electron chi connectivity index (χ3n) is 5.83. The van der Waals surface area contributed by atoms with E-state index in [0.29, 0.717) is 5.76 Å². The molecule has 0 radical (unpaired) electrons. The van der Waals surface area contributed by atoms with Crippen molar-refractivity contribution in [1.29, 1.82) is 0 Å². The molecule has 7 nitrogen and oxygen atoms in total. The smallest absolute Gasteiger partial charge is 0.257 e. The molecular weight excluding hydrogens is 406 g/mol. The van der Waals surface area contributed by atoms with E-state index in [-0.39, 0.29) is 23.2 Å². The molecular formula is C25H27N3O4. The van der Waals surface area contributed by atoms with Crippen molar-refractivity contribution in [2.45, 2.75) is 51.7 Å². The minimum atomic E-state index is -0.584. The Kier molecular flexibility index (Phi) is 5.99. The number of nitrogens with one attached hydrogen (secondary N) is 2. The van der Waals surface area contributed by atoms with Gasteiger partial charge in [0.15, 0.2) is 0 Å². The minimum Gasteiger partial charge on any atom is -0.467 e. The van der Waals surface area contributed by atoms with E-state index in [1.807, 2.05) is 26.0 Å². The van der Waals surface area contributed by atoms with Crippen LogP contribution in [0.5, 0.6) is 0 Å². The zero-order chi connectivity index (χ0) is 22.8. The number of hydrogen-bond donors (Lipinski definition) is 2. The van der Waals surface area contributed by atoms with Crippen LogP contribution >= 0.6 is 0 Å². The number of rotatable bonds is 6. The highest BCUT2D eigenvalue weighted by atomic mass is 16.3. The number of carbonyl (C=O) groups excluding carboxylic acids is 2. The largest absolute Gasteiger partial charge is 0.467 e. The van der Waals surface area contributed by atoms with E-state index in [2.05, 4.69) is 22.8 Å². The van der Waals surface area contributed by atoms with E-state index in [1.165, 1.54) is 29.8 Å². The maximum Gasteiger partial charge on any atom is 0.257 e. The number of amides is 2. The molecule has 0 aliphatic heterocycles. The summed E-state index contributed by atoms with van der Waals surface area (Å²) in [6.45, 7) is 5.62. The Balaban J connectivity index is 1.58. The zero-order valence-electron chi connectivity index (χ0n) is 18.4. The quantitative estimate of drug-likeness (QED) is 0.623. The molecule has 1 atom stereocenters. The van der Waals surface area contributed by atoms with Gasteiger partial charge in [-0.25, -0.2) is 0 Å². The van der Waals surface area contributed by atoms with Gasteiger partial charge in [-0.2, -0.15) is 0 Å². The summed E-state index contributed by atoms with van der Waals surface area (Å²) >= 11 is 0. The van der Waals surface area contributed by atoms with Crippen LogP contribution in [0.2, 0.25) is 0 Å². The zero-order valence-corrected chi connectivity index (χ0v) is 18.4. The van der Waals surface area contributed by atoms with Gasteiger partial charge in [0.1, 0.15) is 16.9 Å². The number of aromatic nitrogens is 1. The van der Waals surface area contributed by atoms with E-state index in [9.17, 15) is 14.4 Å². The molecule has 3 aromatic rings. The highest BCUT2D eigenvalue weighted by molar-refractivity contribution is 5.99. The van der Waals surface area contributed by atoms with Crippen molar-refractivity contribution in [3.8, 4) is 0 Å². The van der Waals surface area contributed by atoms with Crippen LogP contribution in [0.3, 0.4) is 0 Å². The summed E-state index contributed by atoms with van der Waals surface area (Å²) in [7, 11) is 0. The maximum absolute atomic E-state index is 13.1. The van der Waals surface area contributed by atoms with Gasteiger partial charge in [0.2, 0.25) is 5.43 Å². The molecule has 166 valence electrons. The van der Waals surface area contributed by atoms with Crippen molar-refractivity contribution < 1.29 is 14.0 Å². The summed E-state index contributed by atoms with van der Waals surface area (Å²) in [5.74, 6) is -0.426. The van der Waals surface area contributed by atoms with Crippen molar-refractivity contribution in [3.05, 3.63) is 93.3 Å². The summed E-state index contributed by atoms with van der Waals surface area (Å²) in [6, 6.07) is 11.0. The fourth-order valence-electron chi connectivity index (χ4n) is 4.03. The first-order chi connectivity index (χ1) is 15.3. The van der Waals surface area contributed by atoms with Crippen molar-refractivity contribution >= 4 is 11.8 Å². The molecule has 0 fully saturated rings. The molecule has 1 aliphatic carbocycles. The van der Waals surface area contributed by atoms with E-state index >= 15 is 0 Å². The Hall–Kier alpha value is -3.61. The van der Waals surface area contributed by atoms with Crippen LogP contribution in [0.1, 0.15) is 70.5 Å². The molecule has 0 saturated heterocycles. The lowest BCUT2D eigenvalue weighted by Crippen LogP contribution is -2.40. The first-order valence-electron chi connectivity index (χ1n) is 10.8. The Morgan fingerprint density at radius 3 is 2.16 bits per heavy atom. The van der Waals surface area contributed by atoms with Gasteiger partial charge in [-0.05, 0) is 56.9 Å². The summed E-state index contributed by atoms with van der Waals surface area (Å²) in [5.41, 5.74) is 1.72. The lowest BCUT2D eigenvalue weighted by Gasteiger charge is -2.17. The van der Waals surface area contributed by atoms with Crippen LogP contribution in [0, 0.1) is 0 Å². The van der Waals surface area contributed by atoms with Gasteiger partial charge >= 0.3 is 0 Å². The summed E-state index contributed by atoms with van der Waals surface area (Å²) in [4.78, 5) is 39.1. The molecule has 32 heavy (non-hydrogen) atoms. The minimum absolute atomic E-state index is 0.0343. The Labute approximate surface area is 186 Å². The van der Waals surface area contributed by atoms with Crippen molar-refractivity contribution in [2.75, 3.05) is 0 Å². The first-order valence-corrected chi connectivity index (χ1v) is 10.8. The normalized spacial score (nSPS) is 14.2. The highest BCUT2D eigenvalue weighted by Gasteiger charge is 2.26. The van der Waals surface area contributed by atoms with Crippen LogP contribution in [0.15, 0.2) is 64.3 Å². The summed E-state index contributed by atoms with van der Waals surface area (Å²) in [5, 5.41) is 5.76. The SMILES string of the molecule is CC(NC(=O)c1cn(C(C)C)cc(C(=O)NC2Cc3ccccc3C2)c1=O)c1ccco1. The summed E-state index contributed by atoms with van der Waals surface area (Å²) in [6.07, 6.45) is 5.99. The van der Waals surface area contributed by atoms with Crippen LogP contribution in [-0.2, 0) is 12.8 Å². The molecule has 2 amide bonds. The average molecular weight is 434 g/mol. The van der Waals surface area contributed by atoms with Crippen LogP contribution in [-0.4, -0.2) is 22.4 Å². The summed E-state index contributed by atoms with van der Waals surface area (Å²) < 4.78 is 7.04. The molecule has 0 spiro atoms. The maximum atomic E-state index is 13.1. The monoisotopic (exact) mass is 433 g/mol. The third kappa shape index (κ3) is 4.37. The van der Waals surface area contributed by atoms with Crippen molar-refractivity contribution in [3.63, 3.8) is 0 Å². The van der Waals surface area contributed by atoms with Gasteiger partial charge in [0.05, 0.1) is 12.3 Å². The van der Waals surface area contributed by atoms with Gasteiger partial charge in [-0.15, -0.1) is 0 Å². The lowest BCUT2D eigenvalue weighted by atomic mass is 10.1. The predicted octanol–water partition coefficient (Wildman–Crippen LogP) is 3.41. The second-order valence-electron chi connectivity index (χ2n) is 8.51. The van der Waals surface area contributed by atoms with Gasteiger partial charge in [-0.1, -0.05) is 24.3 Å². The Bertz CT molecular complexity index is 1170. The molecule has 0 saturated carbocycles. The Morgan fingerprint density at radius 2 is 1.59 bits per heavy atom. The molecule has 2 heterocycles. The second-order valence-corrected chi connectivity index (χ2v) is 8.51. The van der Waals surface area contributed by atoms with E-state index in [1.54, 1.807) is 23.6 Å². The van der Waals surface area contributed by atoms with E-state index in [4.69, 9.17) is 4.42 Å². The number of nitrogens with zero attached hydrogens (tertiary/aromatic N) is 1. The molecule has 2 N–H and O–H groups in total. The van der Waals surface area contributed by atoms with E-state index in [0.717, 1.165) is 12.8 Å². The number of hydrogen-bond acceptors (Lipinski definition) is 4. The number of furan rings is 1. The topological polar surface area (TPSA) is 93.3 Å². The fraction of sp³-hybridized carbons (Fsp3) is 0.320. The second kappa shape index (κ2) is 8.86. The van der Waals surface area contributed by atoms with Gasteiger partial charge < -0.3 is 19.6 Å². The molecule has 1 unspecified atom stereocenters. The lowest BCUT2D eigenvalue weighted by molar-refractivity contribution is 0.0933. The number of benzene rings is 1. The third-order valence-corrected chi connectivity index (χ3v) is 5.83.